The highest BCUT2D eigenvalue weighted by Gasteiger charge is 2.28. The first-order valence-corrected chi connectivity index (χ1v) is 7.84. The molecule has 1 fully saturated rings. The topological polar surface area (TPSA) is 76.0 Å². The van der Waals surface area contributed by atoms with E-state index in [0.717, 1.165) is 5.56 Å². The van der Waals surface area contributed by atoms with Crippen LogP contribution in [0.4, 0.5) is 4.39 Å². The maximum Gasteiger partial charge on any atom is 0.225 e. The predicted molar refractivity (Wildman–Crippen MR) is 85.3 cm³/mol. The van der Waals surface area contributed by atoms with Crippen LogP contribution in [-0.2, 0) is 16.6 Å². The van der Waals surface area contributed by atoms with E-state index in [-0.39, 0.29) is 23.5 Å². The van der Waals surface area contributed by atoms with Gasteiger partial charge in [0.2, 0.25) is 11.8 Å². The molecule has 2 atom stereocenters. The highest BCUT2D eigenvalue weighted by Crippen LogP contribution is 2.22. The molecule has 1 saturated heterocycles. The quantitative estimate of drug-likeness (QED) is 0.887. The molecule has 2 amide bonds. The molecule has 1 aliphatic rings. The first kappa shape index (κ1) is 16.2. The SMILES string of the molecule is Cn1ccnc1[C@H](NC(=O)[C@@H]1CCC(=O)NC1)c1ccc(F)cc1. The number of benzene rings is 1. The monoisotopic (exact) mass is 330 g/mol. The van der Waals surface area contributed by atoms with Crippen molar-refractivity contribution >= 4 is 11.8 Å². The third kappa shape index (κ3) is 3.45. The van der Waals surface area contributed by atoms with Crippen LogP contribution in [0.25, 0.3) is 0 Å². The van der Waals surface area contributed by atoms with E-state index in [1.807, 2.05) is 11.6 Å². The Morgan fingerprint density at radius 3 is 2.75 bits per heavy atom. The Morgan fingerprint density at radius 1 is 1.42 bits per heavy atom. The normalized spacial score (nSPS) is 18.8. The average molecular weight is 330 g/mol. The van der Waals surface area contributed by atoms with Crippen molar-refractivity contribution in [1.29, 1.82) is 0 Å². The lowest BCUT2D eigenvalue weighted by molar-refractivity contribution is -0.129. The number of aryl methyl sites for hydroxylation is 1. The molecular weight excluding hydrogens is 311 g/mol. The summed E-state index contributed by atoms with van der Waals surface area (Å²) in [6.07, 6.45) is 4.31. The van der Waals surface area contributed by atoms with E-state index < -0.39 is 6.04 Å². The number of nitrogens with one attached hydrogen (secondary N) is 2. The Kier molecular flexibility index (Phi) is 4.59. The molecule has 0 unspecified atom stereocenters. The zero-order chi connectivity index (χ0) is 17.1. The molecule has 0 radical (unpaired) electrons. The minimum absolute atomic E-state index is 0.0294. The van der Waals surface area contributed by atoms with Gasteiger partial charge >= 0.3 is 0 Å². The molecule has 1 aromatic carbocycles. The smallest absolute Gasteiger partial charge is 0.225 e. The van der Waals surface area contributed by atoms with Crippen molar-refractivity contribution in [3.8, 4) is 0 Å². The van der Waals surface area contributed by atoms with Gasteiger partial charge in [0.05, 0.1) is 5.92 Å². The number of nitrogens with zero attached hydrogens (tertiary/aromatic N) is 2. The Bertz CT molecular complexity index is 731. The Hall–Kier alpha value is -2.70. The van der Waals surface area contributed by atoms with Gasteiger partial charge < -0.3 is 15.2 Å². The van der Waals surface area contributed by atoms with E-state index in [1.54, 1.807) is 24.5 Å². The molecule has 6 nitrogen and oxygen atoms in total. The van der Waals surface area contributed by atoms with Crippen molar-refractivity contribution in [1.82, 2.24) is 20.2 Å². The molecule has 24 heavy (non-hydrogen) atoms. The number of hydrogen-bond acceptors (Lipinski definition) is 3. The number of carbonyl (C=O) groups excluding carboxylic acids is 2. The first-order chi connectivity index (χ1) is 11.5. The third-order valence-corrected chi connectivity index (χ3v) is 4.24. The minimum Gasteiger partial charge on any atom is -0.355 e. The summed E-state index contributed by atoms with van der Waals surface area (Å²) in [5, 5.41) is 5.69. The van der Waals surface area contributed by atoms with Crippen molar-refractivity contribution in [2.45, 2.75) is 18.9 Å². The van der Waals surface area contributed by atoms with E-state index in [1.165, 1.54) is 12.1 Å². The second kappa shape index (κ2) is 6.82. The molecule has 0 bridgehead atoms. The lowest BCUT2D eigenvalue weighted by atomic mass is 9.97. The molecule has 1 aromatic heterocycles. The first-order valence-electron chi connectivity index (χ1n) is 7.84. The van der Waals surface area contributed by atoms with E-state index in [0.29, 0.717) is 25.2 Å². The summed E-state index contributed by atoms with van der Waals surface area (Å²) in [4.78, 5) is 28.1. The average Bonchev–Trinajstić information content (AvgIpc) is 3.00. The zero-order valence-electron chi connectivity index (χ0n) is 13.3. The molecule has 1 aliphatic heterocycles. The number of amides is 2. The summed E-state index contributed by atoms with van der Waals surface area (Å²) >= 11 is 0. The van der Waals surface area contributed by atoms with Crippen LogP contribution in [0.5, 0.6) is 0 Å². The van der Waals surface area contributed by atoms with Crippen molar-refractivity contribution in [3.05, 3.63) is 53.9 Å². The van der Waals surface area contributed by atoms with Gasteiger partial charge in [0.1, 0.15) is 17.7 Å². The molecule has 2 heterocycles. The Labute approximate surface area is 139 Å². The highest BCUT2D eigenvalue weighted by molar-refractivity contribution is 5.84. The van der Waals surface area contributed by atoms with Gasteiger partial charge in [-0.3, -0.25) is 9.59 Å². The lowest BCUT2D eigenvalue weighted by Crippen LogP contribution is -2.44. The van der Waals surface area contributed by atoms with E-state index in [9.17, 15) is 14.0 Å². The van der Waals surface area contributed by atoms with E-state index in [4.69, 9.17) is 0 Å². The van der Waals surface area contributed by atoms with Crippen LogP contribution in [0.1, 0.15) is 30.3 Å². The van der Waals surface area contributed by atoms with Crippen LogP contribution < -0.4 is 10.6 Å². The van der Waals surface area contributed by atoms with E-state index >= 15 is 0 Å². The van der Waals surface area contributed by atoms with Crippen molar-refractivity contribution < 1.29 is 14.0 Å². The molecular formula is C17H19FN4O2. The zero-order valence-corrected chi connectivity index (χ0v) is 13.3. The maximum absolute atomic E-state index is 13.2. The van der Waals surface area contributed by atoms with Gasteiger partial charge in [-0.1, -0.05) is 12.1 Å². The van der Waals surface area contributed by atoms with Gasteiger partial charge in [-0.2, -0.15) is 0 Å². The second-order valence-electron chi connectivity index (χ2n) is 5.93. The fourth-order valence-corrected chi connectivity index (χ4v) is 2.82. The van der Waals surface area contributed by atoms with Crippen molar-refractivity contribution in [3.63, 3.8) is 0 Å². The Morgan fingerprint density at radius 2 is 2.17 bits per heavy atom. The van der Waals surface area contributed by atoms with Gasteiger partial charge in [0.25, 0.3) is 0 Å². The molecule has 2 aromatic rings. The Balaban J connectivity index is 1.82. The summed E-state index contributed by atoms with van der Waals surface area (Å²) < 4.78 is 15.0. The van der Waals surface area contributed by atoms with Gasteiger partial charge in [-0.15, -0.1) is 0 Å². The third-order valence-electron chi connectivity index (χ3n) is 4.24. The summed E-state index contributed by atoms with van der Waals surface area (Å²) in [5.41, 5.74) is 0.749. The molecule has 3 rings (SSSR count). The van der Waals surface area contributed by atoms with Gasteiger partial charge in [0.15, 0.2) is 0 Å². The van der Waals surface area contributed by atoms with Gasteiger partial charge in [0, 0.05) is 32.4 Å². The van der Waals surface area contributed by atoms with Gasteiger partial charge in [-0.25, -0.2) is 9.37 Å². The fourth-order valence-electron chi connectivity index (χ4n) is 2.82. The highest BCUT2D eigenvalue weighted by atomic mass is 19.1. The van der Waals surface area contributed by atoms with Crippen LogP contribution in [0, 0.1) is 11.7 Å². The summed E-state index contributed by atoms with van der Waals surface area (Å²) in [5.74, 6) is -0.120. The molecule has 0 spiro atoms. The number of hydrogen-bond donors (Lipinski definition) is 2. The molecule has 0 aliphatic carbocycles. The summed E-state index contributed by atoms with van der Waals surface area (Å²) in [6.45, 7) is 0.335. The van der Waals surface area contributed by atoms with Crippen LogP contribution in [0.3, 0.4) is 0 Å². The maximum atomic E-state index is 13.2. The second-order valence-corrected chi connectivity index (χ2v) is 5.93. The molecule has 0 saturated carbocycles. The molecule has 2 N–H and O–H groups in total. The number of rotatable bonds is 4. The largest absolute Gasteiger partial charge is 0.355 e. The number of piperidine rings is 1. The van der Waals surface area contributed by atoms with Crippen LogP contribution in [0.15, 0.2) is 36.7 Å². The number of imidazole rings is 1. The van der Waals surface area contributed by atoms with Crippen molar-refractivity contribution in [2.24, 2.45) is 13.0 Å². The standard InChI is InChI=1S/C17H19FN4O2/c1-22-9-8-19-16(22)15(11-2-5-13(18)6-3-11)21-17(24)12-4-7-14(23)20-10-12/h2-3,5-6,8-9,12,15H,4,7,10H2,1H3,(H,20,23)(H,21,24)/t12-,15-/m1/s1. The number of halogens is 1. The van der Waals surface area contributed by atoms with Crippen LogP contribution in [-0.4, -0.2) is 27.9 Å². The fraction of sp³-hybridized carbons (Fsp3) is 0.353. The summed E-state index contributed by atoms with van der Waals surface area (Å²) in [6, 6.07) is 5.52. The van der Waals surface area contributed by atoms with Gasteiger partial charge in [-0.05, 0) is 24.1 Å². The number of aromatic nitrogens is 2. The van der Waals surface area contributed by atoms with Crippen LogP contribution in [0.2, 0.25) is 0 Å². The van der Waals surface area contributed by atoms with E-state index in [2.05, 4.69) is 15.6 Å². The minimum atomic E-state index is -0.476. The van der Waals surface area contributed by atoms with Crippen molar-refractivity contribution in [2.75, 3.05) is 6.54 Å². The molecule has 126 valence electrons. The molecule has 7 heteroatoms. The predicted octanol–water partition coefficient (Wildman–Crippen LogP) is 1.29. The summed E-state index contributed by atoms with van der Waals surface area (Å²) in [7, 11) is 1.84. The van der Waals surface area contributed by atoms with Crippen LogP contribution >= 0.6 is 0 Å². The number of carbonyl (C=O) groups is 2. The lowest BCUT2D eigenvalue weighted by Gasteiger charge is -2.25.